The van der Waals surface area contributed by atoms with Gasteiger partial charge >= 0.3 is 5.97 Å². The summed E-state index contributed by atoms with van der Waals surface area (Å²) in [4.78, 5) is 31.8. The molecule has 1 N–H and O–H groups in total. The van der Waals surface area contributed by atoms with Crippen LogP contribution in [-0.2, 0) is 38.3 Å². The summed E-state index contributed by atoms with van der Waals surface area (Å²) >= 11 is 3.65. The van der Waals surface area contributed by atoms with Crippen molar-refractivity contribution in [3.63, 3.8) is 0 Å². The zero-order valence-corrected chi connectivity index (χ0v) is 27.6. The number of benzene rings is 4. The number of aliphatic imine (C=N–C) groups is 1. The molecule has 236 valence electrons. The number of hydrogen-bond donors (Lipinski definition) is 1. The average Bonchev–Trinajstić information content (AvgIpc) is 3.54. The molecule has 0 spiro atoms. The number of Topliss-reactive ketones (excluding diaryl/α,β-unsaturated/α-hetero) is 1. The van der Waals surface area contributed by atoms with Crippen LogP contribution in [0.4, 0.5) is 5.69 Å². The normalized spacial score (nSPS) is 18.1. The number of carbonyl (C=O) groups excluding carboxylic acids is 2. The maximum Gasteiger partial charge on any atom is 0.306 e. The van der Waals surface area contributed by atoms with Gasteiger partial charge in [-0.05, 0) is 52.8 Å². The van der Waals surface area contributed by atoms with Crippen molar-refractivity contribution in [3.05, 3.63) is 135 Å². The number of carbonyl (C=O) groups is 2. The van der Waals surface area contributed by atoms with Gasteiger partial charge in [-0.3, -0.25) is 14.6 Å². The lowest BCUT2D eigenvalue weighted by atomic mass is 9.75. The van der Waals surface area contributed by atoms with Gasteiger partial charge in [0, 0.05) is 41.4 Å². The van der Waals surface area contributed by atoms with E-state index in [9.17, 15) is 9.59 Å². The zero-order valence-electron chi connectivity index (χ0n) is 26.0. The molecule has 46 heavy (non-hydrogen) atoms. The van der Waals surface area contributed by atoms with Gasteiger partial charge < -0.3 is 14.8 Å². The second-order valence-corrected chi connectivity index (χ2v) is 12.9. The number of methoxy groups -OCH3 is 1. The van der Waals surface area contributed by atoms with E-state index in [1.807, 2.05) is 84.9 Å². The summed E-state index contributed by atoms with van der Waals surface area (Å²) in [6, 6.07) is 34.3. The number of hydrogen-bond acceptors (Lipinski definition) is 6. The van der Waals surface area contributed by atoms with Crippen molar-refractivity contribution in [1.29, 1.82) is 0 Å². The lowest BCUT2D eigenvalue weighted by Crippen LogP contribution is -2.50. The molecule has 4 aromatic rings. The van der Waals surface area contributed by atoms with Gasteiger partial charge in [0.2, 0.25) is 0 Å². The predicted molar refractivity (Wildman–Crippen MR) is 185 cm³/mol. The number of nitrogens with zero attached hydrogens (tertiary/aromatic N) is 1. The fourth-order valence-electron chi connectivity index (χ4n) is 6.69. The van der Waals surface area contributed by atoms with Crippen molar-refractivity contribution in [2.24, 2.45) is 10.9 Å². The highest BCUT2D eigenvalue weighted by Gasteiger charge is 2.34. The maximum absolute atomic E-state index is 14.2. The Labute approximate surface area is 279 Å². The van der Waals surface area contributed by atoms with Crippen LogP contribution in [0.5, 0.6) is 0 Å². The highest BCUT2D eigenvalue weighted by atomic mass is 79.9. The summed E-state index contributed by atoms with van der Waals surface area (Å²) in [5, 5.41) is 3.66. The third-order valence-corrected chi connectivity index (χ3v) is 9.92. The van der Waals surface area contributed by atoms with Gasteiger partial charge in [-0.25, -0.2) is 0 Å². The van der Waals surface area contributed by atoms with Crippen LogP contribution in [0.15, 0.2) is 113 Å². The van der Waals surface area contributed by atoms with Gasteiger partial charge in [0.1, 0.15) is 5.78 Å². The molecule has 7 heteroatoms. The summed E-state index contributed by atoms with van der Waals surface area (Å²) < 4.78 is 12.5. The molecule has 2 heterocycles. The van der Waals surface area contributed by atoms with Gasteiger partial charge in [-0.2, -0.15) is 0 Å². The summed E-state index contributed by atoms with van der Waals surface area (Å²) in [5.74, 6) is -1.20. The van der Waals surface area contributed by atoms with Crippen LogP contribution in [0.25, 0.3) is 0 Å². The minimum absolute atomic E-state index is 0.0159. The number of fused-ring (bicyclic) bond motifs is 1. The van der Waals surface area contributed by atoms with E-state index in [4.69, 9.17) is 14.5 Å². The van der Waals surface area contributed by atoms with Crippen molar-refractivity contribution in [3.8, 4) is 0 Å². The highest BCUT2D eigenvalue weighted by Crippen LogP contribution is 2.36. The first-order chi connectivity index (χ1) is 22.5. The first-order valence-electron chi connectivity index (χ1n) is 16.0. The number of ether oxygens (including phenoxy) is 2. The van der Waals surface area contributed by atoms with E-state index in [2.05, 4.69) is 39.4 Å². The molecule has 0 bridgehead atoms. The molecule has 0 aromatic heterocycles. The molecule has 0 unspecified atom stereocenters. The van der Waals surface area contributed by atoms with Crippen LogP contribution in [0, 0.1) is 5.92 Å². The minimum Gasteiger partial charge on any atom is -0.469 e. The van der Waals surface area contributed by atoms with Crippen LogP contribution >= 0.6 is 15.9 Å². The Hall–Kier alpha value is -3.91. The molecule has 6 rings (SSSR count). The van der Waals surface area contributed by atoms with Crippen molar-refractivity contribution < 1.29 is 19.1 Å². The van der Waals surface area contributed by atoms with E-state index in [0.29, 0.717) is 6.61 Å². The van der Waals surface area contributed by atoms with Gasteiger partial charge in [-0.15, -0.1) is 0 Å². The number of rotatable bonds is 12. The first-order valence-corrected chi connectivity index (χ1v) is 16.8. The zero-order chi connectivity index (χ0) is 31.9. The molecular weight excluding hydrogens is 640 g/mol. The van der Waals surface area contributed by atoms with E-state index >= 15 is 0 Å². The monoisotopic (exact) mass is 678 g/mol. The summed E-state index contributed by atoms with van der Waals surface area (Å²) in [7, 11) is 1.38. The SMILES string of the molecule is COC(=O)C[C@H](C(=O)Cc1ccccc1CC[C@@H]1CN[C@H](C2=Nc3cccc(Br)c3C2)CO1)C(c1ccccc1)c1ccccc1. The quantitative estimate of drug-likeness (QED) is 0.161. The van der Waals surface area contributed by atoms with E-state index in [0.717, 1.165) is 63.9 Å². The molecule has 1 fully saturated rings. The smallest absolute Gasteiger partial charge is 0.306 e. The summed E-state index contributed by atoms with van der Waals surface area (Å²) in [6.45, 7) is 1.34. The first kappa shape index (κ1) is 32.0. The van der Waals surface area contributed by atoms with Crippen LogP contribution in [0.3, 0.4) is 0 Å². The Kier molecular flexibility index (Phi) is 10.5. The van der Waals surface area contributed by atoms with E-state index in [1.165, 1.54) is 12.7 Å². The second kappa shape index (κ2) is 15.1. The van der Waals surface area contributed by atoms with Gasteiger partial charge in [-0.1, -0.05) is 107 Å². The number of nitrogens with one attached hydrogen (secondary N) is 1. The fourth-order valence-corrected chi connectivity index (χ4v) is 7.19. The standard InChI is InChI=1S/C39H39BrN2O4/c1-45-38(44)23-32(39(27-12-4-2-5-13-27)28-14-6-3-7-15-28)37(43)21-29-16-9-8-11-26(29)19-20-30-24-41-36(25-46-30)35-22-31-33(40)17-10-18-34(31)42-35/h2-18,30,32,36,39,41H,19-25H2,1H3/t30-,32-,36+/m1/s1. The Morgan fingerprint density at radius 1 is 0.913 bits per heavy atom. The topological polar surface area (TPSA) is 77.0 Å². The van der Waals surface area contributed by atoms with Gasteiger partial charge in [0.25, 0.3) is 0 Å². The third-order valence-electron chi connectivity index (χ3n) is 9.18. The number of ketones is 1. The second-order valence-electron chi connectivity index (χ2n) is 12.1. The lowest BCUT2D eigenvalue weighted by Gasteiger charge is -2.31. The van der Waals surface area contributed by atoms with Crippen molar-refractivity contribution in [2.45, 2.75) is 50.2 Å². The Morgan fingerprint density at radius 2 is 1.59 bits per heavy atom. The Bertz CT molecular complexity index is 1640. The number of aryl methyl sites for hydroxylation is 1. The molecule has 0 radical (unpaired) electrons. The molecule has 0 aliphatic carbocycles. The molecule has 2 aliphatic heterocycles. The van der Waals surface area contributed by atoms with Crippen molar-refractivity contribution >= 4 is 39.1 Å². The Balaban J connectivity index is 1.12. The maximum atomic E-state index is 14.2. The van der Waals surface area contributed by atoms with Crippen LogP contribution < -0.4 is 5.32 Å². The molecule has 2 aliphatic rings. The highest BCUT2D eigenvalue weighted by molar-refractivity contribution is 9.10. The molecule has 6 nitrogen and oxygen atoms in total. The third kappa shape index (κ3) is 7.55. The molecule has 3 atom stereocenters. The van der Waals surface area contributed by atoms with Crippen molar-refractivity contribution in [1.82, 2.24) is 5.32 Å². The van der Waals surface area contributed by atoms with Crippen molar-refractivity contribution in [2.75, 3.05) is 20.3 Å². The van der Waals surface area contributed by atoms with Crippen LogP contribution in [0.1, 0.15) is 46.6 Å². The van der Waals surface area contributed by atoms with Crippen LogP contribution in [-0.4, -0.2) is 49.9 Å². The molecule has 4 aromatic carbocycles. The summed E-state index contributed by atoms with van der Waals surface area (Å²) in [6.07, 6.45) is 2.80. The Morgan fingerprint density at radius 3 is 2.22 bits per heavy atom. The van der Waals surface area contributed by atoms with E-state index in [-0.39, 0.29) is 42.7 Å². The average molecular weight is 680 g/mol. The number of esters is 1. The van der Waals surface area contributed by atoms with Crippen LogP contribution in [0.2, 0.25) is 0 Å². The summed E-state index contributed by atoms with van der Waals surface area (Å²) in [5.41, 5.74) is 7.53. The largest absolute Gasteiger partial charge is 0.469 e. The fraction of sp³-hybridized carbons (Fsp3) is 0.308. The molecule has 0 saturated carbocycles. The predicted octanol–water partition coefficient (Wildman–Crippen LogP) is 7.19. The number of morpholine rings is 1. The molecule has 0 amide bonds. The van der Waals surface area contributed by atoms with E-state index < -0.39 is 5.92 Å². The van der Waals surface area contributed by atoms with Gasteiger partial charge in [0.15, 0.2) is 0 Å². The minimum atomic E-state index is -0.571. The van der Waals surface area contributed by atoms with Gasteiger partial charge in [0.05, 0.1) is 38.0 Å². The molecule has 1 saturated heterocycles. The molecular formula is C39H39BrN2O4. The van der Waals surface area contributed by atoms with E-state index in [1.54, 1.807) is 0 Å². The number of halogens is 1. The lowest BCUT2D eigenvalue weighted by molar-refractivity contribution is -0.144.